The van der Waals surface area contributed by atoms with Gasteiger partial charge >= 0.3 is 18.2 Å². The van der Waals surface area contributed by atoms with Gasteiger partial charge in [0.25, 0.3) is 23.6 Å². The Morgan fingerprint density at radius 3 is 1.05 bits per heavy atom. The van der Waals surface area contributed by atoms with Crippen LogP contribution in [0.2, 0.25) is 40.2 Å². The summed E-state index contributed by atoms with van der Waals surface area (Å²) < 4.78 is 33.7. The summed E-state index contributed by atoms with van der Waals surface area (Å²) in [6.07, 6.45) is 10.3. The number of aromatic nitrogens is 8. The molecule has 20 rings (SSSR count). The molecule has 8 aliphatic rings. The van der Waals surface area contributed by atoms with Crippen LogP contribution in [0.25, 0.3) is 0 Å². The monoisotopic (exact) mass is 2200 g/mol. The van der Waals surface area contributed by atoms with Gasteiger partial charge in [0.1, 0.15) is 33.5 Å². The number of aliphatic carboxylic acids is 1. The Hall–Kier alpha value is -13.6. The molecule has 0 unspecified atom stereocenters. The number of nitrogens with two attached hydrogens (primary N) is 1. The van der Waals surface area contributed by atoms with Crippen LogP contribution in [0.1, 0.15) is 127 Å². The lowest BCUT2D eigenvalue weighted by molar-refractivity contribution is -0.137. The van der Waals surface area contributed by atoms with Gasteiger partial charge in [-0.15, -0.1) is 0 Å². The third-order valence-corrected chi connectivity index (χ3v) is 26.3. The zero-order chi connectivity index (χ0) is 107. The molecule has 0 atom stereocenters. The van der Waals surface area contributed by atoms with E-state index < -0.39 is 17.2 Å². The smallest absolute Gasteiger partial charge is 0.410 e. The number of likely N-dealkylation sites (N-methyl/N-ethyl adjacent to an activating group) is 2. The number of thioether (sulfide) groups is 1. The van der Waals surface area contributed by atoms with Gasteiger partial charge in [0, 0.05) is 93.4 Å². The van der Waals surface area contributed by atoms with E-state index in [1.54, 1.807) is 102 Å². The van der Waals surface area contributed by atoms with E-state index >= 15 is 0 Å². The van der Waals surface area contributed by atoms with Crippen molar-refractivity contribution in [2.45, 2.75) is 110 Å². The van der Waals surface area contributed by atoms with Crippen molar-refractivity contribution >= 4 is 216 Å². The highest BCUT2D eigenvalue weighted by molar-refractivity contribution is 7.98. The quantitative estimate of drug-likeness (QED) is 0.0315. The number of carboxylic acid groups (broad SMARTS) is 1. The van der Waals surface area contributed by atoms with Crippen LogP contribution in [0.4, 0.5) is 72.9 Å². The minimum atomic E-state index is -0.787. The van der Waals surface area contributed by atoms with Crippen LogP contribution >= 0.6 is 105 Å². The van der Waals surface area contributed by atoms with Gasteiger partial charge in [-0.3, -0.25) is 53.3 Å². The van der Waals surface area contributed by atoms with E-state index in [0.717, 1.165) is 77.4 Å². The molecule has 12 aromatic rings. The Morgan fingerprint density at radius 2 is 0.725 bits per heavy atom. The van der Waals surface area contributed by atoms with Crippen LogP contribution in [-0.4, -0.2) is 229 Å². The van der Waals surface area contributed by atoms with Crippen molar-refractivity contribution in [3.8, 4) is 23.5 Å². The van der Waals surface area contributed by atoms with E-state index in [-0.39, 0.29) is 121 Å². The largest absolute Gasteiger partial charge is 0.480 e. The van der Waals surface area contributed by atoms with Crippen molar-refractivity contribution in [2.24, 2.45) is 0 Å². The first-order valence-corrected chi connectivity index (χ1v) is 50.9. The zero-order valence-electron chi connectivity index (χ0n) is 82.7. The van der Waals surface area contributed by atoms with E-state index in [1.165, 1.54) is 78.4 Å². The van der Waals surface area contributed by atoms with Crippen LogP contribution in [0.5, 0.6) is 23.5 Å². The molecule has 37 nitrogen and oxygen atoms in total. The van der Waals surface area contributed by atoms with E-state index in [9.17, 15) is 38.4 Å². The summed E-state index contributed by atoms with van der Waals surface area (Å²) in [4.78, 5) is 147. The summed E-state index contributed by atoms with van der Waals surface area (Å²) in [5.41, 5.74) is 20.1. The SMILES string of the molecule is CC(C)(C)OC(=O)N1CCc2cc(N)ccc2C1.CC(C)(C)OC(=O)N1CCc2cc(Nc3ncc4c(n3)OCN(c3c(Cl)cccc3Cl)C4=O)ccc2C1.CN(C)CC(=O)N1CCc2cc(Nc3ncc4c(n3)OCN(c3c(Cl)cccc3Cl)C4=O)ccc2C1.CN(C)CC(=O)O.CSc1ncc2c(n1)OCN(c1c(Cl)cccc1Cl)C2=O.O=C1c2cnc(Nc3ccc4c(c3)CCNC4)nc2OCN1c1c(Cl)cccc1Cl. The molecule has 7 amide bonds. The van der Waals surface area contributed by atoms with Crippen molar-refractivity contribution in [1.82, 2.24) is 69.7 Å². The van der Waals surface area contributed by atoms with Gasteiger partial charge in [-0.25, -0.2) is 29.5 Å². The number of para-hydroxylation sites is 4. The Labute approximate surface area is 903 Å². The van der Waals surface area contributed by atoms with Crippen molar-refractivity contribution in [1.29, 1.82) is 0 Å². The molecule has 0 radical (unpaired) electrons. The summed E-state index contributed by atoms with van der Waals surface area (Å²) in [6.45, 7) is 17.0. The minimum absolute atomic E-state index is 0.000120. The number of nitrogens with one attached hydrogen (secondary N) is 4. The minimum Gasteiger partial charge on any atom is -0.480 e. The maximum atomic E-state index is 13.1. The number of hydrogen-bond acceptors (Lipinski definition) is 30. The Kier molecular flexibility index (Phi) is 35.6. The van der Waals surface area contributed by atoms with Crippen molar-refractivity contribution in [2.75, 3.05) is 142 Å². The molecule has 0 spiro atoms. The summed E-state index contributed by atoms with van der Waals surface area (Å²) >= 11 is 51.2. The fourth-order valence-corrected chi connectivity index (χ4v) is 19.1. The van der Waals surface area contributed by atoms with Crippen LogP contribution in [0.3, 0.4) is 0 Å². The number of rotatable bonds is 15. The number of nitrogens with zero attached hydrogens (tertiary/aromatic N) is 17. The lowest BCUT2D eigenvalue weighted by Crippen LogP contribution is -2.40. The van der Waals surface area contributed by atoms with E-state index in [2.05, 4.69) is 73.3 Å². The lowest BCUT2D eigenvalue weighted by Gasteiger charge is -2.31. The predicted octanol–water partition coefficient (Wildman–Crippen LogP) is 19.7. The van der Waals surface area contributed by atoms with Crippen LogP contribution in [0, 0.1) is 0 Å². The van der Waals surface area contributed by atoms with Crippen molar-refractivity contribution in [3.05, 3.63) is 277 Å². The predicted molar refractivity (Wildman–Crippen MR) is 575 cm³/mol. The average molecular weight is 2210 g/mol. The Morgan fingerprint density at radius 1 is 0.416 bits per heavy atom. The van der Waals surface area contributed by atoms with Crippen molar-refractivity contribution in [3.63, 3.8) is 0 Å². The number of carboxylic acids is 1. The van der Waals surface area contributed by atoms with Gasteiger partial charge < -0.3 is 80.1 Å². The topological polar surface area (TPSA) is 419 Å². The molecule has 0 saturated heterocycles. The number of benzene rings is 8. The molecule has 0 fully saturated rings. The number of carbonyl (C=O) groups is 8. The third kappa shape index (κ3) is 27.6. The second kappa shape index (κ2) is 48.3. The summed E-state index contributed by atoms with van der Waals surface area (Å²) in [5, 5.41) is 24.4. The molecule has 8 aromatic carbocycles. The molecule has 149 heavy (non-hydrogen) atoms. The van der Waals surface area contributed by atoms with Crippen molar-refractivity contribution < 1.29 is 71.9 Å². The van der Waals surface area contributed by atoms with Gasteiger partial charge in [-0.05, 0) is 250 Å². The molecular weight excluding hydrogens is 2100 g/mol. The number of nitrogen functional groups attached to an aromatic ring is 1. The fraction of sp³-hybridized carbons (Fsp3) is 0.301. The van der Waals surface area contributed by atoms with E-state index in [0.29, 0.717) is 138 Å². The van der Waals surface area contributed by atoms with Gasteiger partial charge in [0.05, 0.1) is 76.0 Å². The number of anilines is 11. The molecule has 0 bridgehead atoms. The third-order valence-electron chi connectivity index (χ3n) is 23.3. The highest BCUT2D eigenvalue weighted by Crippen LogP contribution is 2.44. The molecule has 46 heteroatoms. The number of amides is 7. The maximum absolute atomic E-state index is 13.1. The first-order chi connectivity index (χ1) is 71.1. The normalized spacial score (nSPS) is 14.6. The molecule has 0 aliphatic carbocycles. The molecule has 778 valence electrons. The molecule has 8 aliphatic heterocycles. The summed E-state index contributed by atoms with van der Waals surface area (Å²) in [5.74, 6) is -0.157. The van der Waals surface area contributed by atoms with Crippen LogP contribution in [0.15, 0.2) is 176 Å². The summed E-state index contributed by atoms with van der Waals surface area (Å²) in [6, 6.07) is 44.0. The zero-order valence-corrected chi connectivity index (χ0v) is 89.5. The van der Waals surface area contributed by atoms with E-state index in [4.69, 9.17) is 132 Å². The average Bonchev–Trinajstić information content (AvgIpc) is 0.779. The standard InChI is InChI=1S/C26H25Cl2N5O4.C25H24Cl2N6O3.C21H17Cl2N5O2.C14H20N2O2.C13H9Cl2N3O2S.C4H9NO2/c1-26(2,3)37-25(35)32-10-9-15-11-17(8-7-16(15)13-32)30-24-29-12-18-22(31-24)36-14-33(23(18)34)21-19(27)5-4-6-20(21)28;1-31(2)13-21(34)32-9-8-15-10-17(7-6-16(15)12-32)29-25-28-11-18-23(30-25)36-14-33(24(18)35)22-19(26)4-3-5-20(22)27;22-16-2-1-3-17(23)18(16)28-11-30-19-15(20(28)29)10-25-21(27-19)26-14-5-4-13-9-24-7-6-12(13)8-14;1-14(2,3)18-13(17)16-7-6-10-8-12(15)5-4-11(10)9-16;1-21-13-16-5-7-11(17-13)20-6-18(12(7)19)10-8(14)3-2-4-9(10)15;1-5(2)3-4(6)7/h4-8,11-12H,9-10,13-14H2,1-3H3,(H,29,30,31);3-7,10-11H,8-9,12-14H2,1-2H3,(H,28,29,30);1-5,8,10,24H,6-7,9,11H2,(H,25,26,27);4-5,8H,6-7,9,15H2,1-3H3;2-5H,6H2,1H3;3H2,1-2H3,(H,6,7). The number of ether oxygens (including phenoxy) is 6. The first kappa shape index (κ1) is 110. The van der Waals surface area contributed by atoms with Gasteiger partial charge in [-0.1, -0.05) is 153 Å². The molecular formula is C103H104Cl8N22O15S. The molecule has 12 heterocycles. The second-order valence-corrected chi connectivity index (χ2v) is 41.2. The highest BCUT2D eigenvalue weighted by Gasteiger charge is 2.39. The first-order valence-electron chi connectivity index (χ1n) is 46.6. The Bertz CT molecular complexity index is 7030. The molecule has 4 aromatic heterocycles. The number of hydrogen-bond donors (Lipinski definition) is 6. The lowest BCUT2D eigenvalue weighted by atomic mass is 9.99. The van der Waals surface area contributed by atoms with E-state index in [1.807, 2.05) is 132 Å². The molecule has 0 saturated carbocycles. The fourth-order valence-electron chi connectivity index (χ4n) is 16.3. The molecule has 7 N–H and O–H groups in total. The number of carbonyl (C=O) groups excluding carboxylic acids is 7. The number of fused-ring (bicyclic) bond motifs is 8. The van der Waals surface area contributed by atoms with Gasteiger partial charge in [-0.2, -0.15) is 19.9 Å². The highest BCUT2D eigenvalue weighted by atomic mass is 35.5. The number of halogens is 8. The Balaban J connectivity index is 0.000000140. The second-order valence-electron chi connectivity index (χ2n) is 37.1. The van der Waals surface area contributed by atoms with Gasteiger partial charge in [0.15, 0.2) is 32.1 Å². The van der Waals surface area contributed by atoms with Gasteiger partial charge in [0.2, 0.25) is 47.3 Å². The summed E-state index contributed by atoms with van der Waals surface area (Å²) in [7, 11) is 7.21. The maximum Gasteiger partial charge on any atom is 0.410 e. The van der Waals surface area contributed by atoms with Crippen LogP contribution < -0.4 is 65.5 Å². The van der Waals surface area contributed by atoms with Crippen LogP contribution in [-0.2, 0) is 70.9 Å².